The standard InChI is InChI=1S/C28H29N3O5S/c1-5-12-31-18(3)13-21(19(31)4)14-22(16-29)27(33)36-17-25(32)30-26-23(28(34)35-6-2)15-24(37-26)20-10-8-7-9-11-20/h7-11,13-15H,5-6,12,17H2,1-4H3,(H,30,32)/b22-14+. The Bertz CT molecular complexity index is 1360. The Morgan fingerprint density at radius 2 is 1.84 bits per heavy atom. The predicted octanol–water partition coefficient (Wildman–Crippen LogP) is 5.51. The van der Waals surface area contributed by atoms with E-state index in [1.165, 1.54) is 17.4 Å². The van der Waals surface area contributed by atoms with E-state index in [-0.39, 0.29) is 22.7 Å². The zero-order valence-corrected chi connectivity index (χ0v) is 22.1. The molecule has 0 aliphatic heterocycles. The molecule has 2 heterocycles. The molecule has 0 radical (unpaired) electrons. The lowest BCUT2D eigenvalue weighted by Crippen LogP contribution is -2.22. The van der Waals surface area contributed by atoms with Crippen molar-refractivity contribution in [2.45, 2.75) is 40.7 Å². The Morgan fingerprint density at radius 1 is 1.11 bits per heavy atom. The Labute approximate surface area is 220 Å². The largest absolute Gasteiger partial charge is 0.462 e. The van der Waals surface area contributed by atoms with E-state index in [1.54, 1.807) is 13.0 Å². The summed E-state index contributed by atoms with van der Waals surface area (Å²) in [6.07, 6.45) is 2.43. The molecular formula is C28H29N3O5S. The molecule has 1 N–H and O–H groups in total. The molecule has 0 aliphatic rings. The van der Waals surface area contributed by atoms with E-state index in [2.05, 4.69) is 16.8 Å². The maximum absolute atomic E-state index is 12.6. The minimum Gasteiger partial charge on any atom is -0.462 e. The van der Waals surface area contributed by atoms with E-state index in [4.69, 9.17) is 9.47 Å². The van der Waals surface area contributed by atoms with Crippen LogP contribution in [0.25, 0.3) is 16.5 Å². The average Bonchev–Trinajstić information content (AvgIpc) is 3.43. The summed E-state index contributed by atoms with van der Waals surface area (Å²) < 4.78 is 12.3. The van der Waals surface area contributed by atoms with Gasteiger partial charge in [-0.1, -0.05) is 37.3 Å². The van der Waals surface area contributed by atoms with E-state index in [9.17, 15) is 19.6 Å². The van der Waals surface area contributed by atoms with Crippen molar-refractivity contribution in [2.75, 3.05) is 18.5 Å². The fourth-order valence-electron chi connectivity index (χ4n) is 3.79. The minimum absolute atomic E-state index is 0.185. The fraction of sp³-hybridized carbons (Fsp3) is 0.286. The highest BCUT2D eigenvalue weighted by molar-refractivity contribution is 7.20. The summed E-state index contributed by atoms with van der Waals surface area (Å²) in [7, 11) is 0. The maximum atomic E-state index is 12.6. The highest BCUT2D eigenvalue weighted by Crippen LogP contribution is 2.36. The topological polar surface area (TPSA) is 110 Å². The molecular weight excluding hydrogens is 490 g/mol. The van der Waals surface area contributed by atoms with Gasteiger partial charge in [0.05, 0.1) is 12.2 Å². The fourth-order valence-corrected chi connectivity index (χ4v) is 4.86. The van der Waals surface area contributed by atoms with Gasteiger partial charge in [-0.25, -0.2) is 9.59 Å². The maximum Gasteiger partial charge on any atom is 0.349 e. The van der Waals surface area contributed by atoms with Crippen molar-refractivity contribution in [1.82, 2.24) is 4.57 Å². The van der Waals surface area contributed by atoms with Crippen LogP contribution in [-0.2, 0) is 25.6 Å². The molecule has 0 saturated carbocycles. The Hall–Kier alpha value is -4.16. The zero-order valence-electron chi connectivity index (χ0n) is 21.3. The van der Waals surface area contributed by atoms with E-state index in [1.807, 2.05) is 56.3 Å². The van der Waals surface area contributed by atoms with Crippen LogP contribution in [-0.4, -0.2) is 35.6 Å². The summed E-state index contributed by atoms with van der Waals surface area (Å²) in [5, 5.41) is 12.4. The zero-order chi connectivity index (χ0) is 26.9. The van der Waals surface area contributed by atoms with Gasteiger partial charge in [0.15, 0.2) is 6.61 Å². The first-order valence-corrected chi connectivity index (χ1v) is 12.7. The van der Waals surface area contributed by atoms with Gasteiger partial charge < -0.3 is 19.4 Å². The number of nitrogens with one attached hydrogen (secondary N) is 1. The summed E-state index contributed by atoms with van der Waals surface area (Å²) in [5.41, 5.74) is 3.60. The second-order valence-corrected chi connectivity index (χ2v) is 9.26. The Kier molecular flexibility index (Phi) is 9.41. The number of nitriles is 1. The van der Waals surface area contributed by atoms with Crippen LogP contribution in [0.15, 0.2) is 48.0 Å². The lowest BCUT2D eigenvalue weighted by Gasteiger charge is -2.08. The van der Waals surface area contributed by atoms with Gasteiger partial charge >= 0.3 is 11.9 Å². The van der Waals surface area contributed by atoms with Crippen molar-refractivity contribution in [3.8, 4) is 16.5 Å². The summed E-state index contributed by atoms with van der Waals surface area (Å²) in [4.78, 5) is 38.4. The summed E-state index contributed by atoms with van der Waals surface area (Å²) in [5.74, 6) is -2.11. The van der Waals surface area contributed by atoms with Crippen molar-refractivity contribution in [1.29, 1.82) is 5.26 Å². The Balaban J connectivity index is 1.72. The summed E-state index contributed by atoms with van der Waals surface area (Å²) >= 11 is 1.21. The molecule has 3 aromatic rings. The van der Waals surface area contributed by atoms with Crippen molar-refractivity contribution in [2.24, 2.45) is 0 Å². The highest BCUT2D eigenvalue weighted by Gasteiger charge is 2.21. The number of anilines is 1. The molecule has 9 heteroatoms. The van der Waals surface area contributed by atoms with Gasteiger partial charge in [0.1, 0.15) is 16.6 Å². The van der Waals surface area contributed by atoms with Crippen molar-refractivity contribution >= 4 is 40.3 Å². The number of aryl methyl sites for hydroxylation is 1. The number of ether oxygens (including phenoxy) is 2. The van der Waals surface area contributed by atoms with E-state index in [0.29, 0.717) is 0 Å². The van der Waals surface area contributed by atoms with Crippen LogP contribution in [0.3, 0.4) is 0 Å². The van der Waals surface area contributed by atoms with Gasteiger partial charge in [-0.2, -0.15) is 5.26 Å². The van der Waals surface area contributed by atoms with Crippen LogP contribution >= 0.6 is 11.3 Å². The molecule has 0 spiro atoms. The Morgan fingerprint density at radius 3 is 2.49 bits per heavy atom. The number of thiophene rings is 1. The second kappa shape index (κ2) is 12.7. The smallest absolute Gasteiger partial charge is 0.349 e. The number of carbonyl (C=O) groups is 3. The molecule has 0 unspecified atom stereocenters. The number of aromatic nitrogens is 1. The van der Waals surface area contributed by atoms with Crippen molar-refractivity contribution in [3.05, 3.63) is 70.6 Å². The molecule has 8 nitrogen and oxygen atoms in total. The molecule has 0 saturated heterocycles. The third kappa shape index (κ3) is 6.74. The molecule has 3 rings (SSSR count). The third-order valence-corrected chi connectivity index (χ3v) is 6.67. The molecule has 1 aromatic carbocycles. The molecule has 2 aromatic heterocycles. The van der Waals surface area contributed by atoms with Crippen molar-refractivity contribution in [3.63, 3.8) is 0 Å². The SMILES string of the molecule is CCCn1c(C)cc(/C=C(\C#N)C(=O)OCC(=O)Nc2sc(-c3ccccc3)cc2C(=O)OCC)c1C. The van der Waals surface area contributed by atoms with Gasteiger partial charge in [0.25, 0.3) is 5.91 Å². The van der Waals surface area contributed by atoms with Crippen LogP contribution < -0.4 is 5.32 Å². The number of benzene rings is 1. The first-order valence-electron chi connectivity index (χ1n) is 11.9. The second-order valence-electron chi connectivity index (χ2n) is 8.21. The van der Waals surface area contributed by atoms with Crippen LogP contribution in [0.4, 0.5) is 5.00 Å². The van der Waals surface area contributed by atoms with E-state index in [0.717, 1.165) is 40.4 Å². The van der Waals surface area contributed by atoms with E-state index < -0.39 is 24.5 Å². The molecule has 37 heavy (non-hydrogen) atoms. The first kappa shape index (κ1) is 27.4. The monoisotopic (exact) mass is 519 g/mol. The predicted molar refractivity (Wildman–Crippen MR) is 143 cm³/mol. The van der Waals surface area contributed by atoms with Crippen LogP contribution in [0.1, 0.15) is 47.6 Å². The average molecular weight is 520 g/mol. The molecule has 0 bridgehead atoms. The molecule has 192 valence electrons. The minimum atomic E-state index is -0.903. The first-order chi connectivity index (χ1) is 17.8. The third-order valence-electron chi connectivity index (χ3n) is 5.57. The molecule has 0 atom stereocenters. The molecule has 0 fully saturated rings. The van der Waals surface area contributed by atoms with Crippen molar-refractivity contribution < 1.29 is 23.9 Å². The summed E-state index contributed by atoms with van der Waals surface area (Å²) in [6, 6.07) is 14.8. The van der Waals surface area contributed by atoms with Gasteiger partial charge in [0.2, 0.25) is 0 Å². The van der Waals surface area contributed by atoms with Gasteiger partial charge in [-0.05, 0) is 56.5 Å². The number of hydrogen-bond donors (Lipinski definition) is 1. The molecule has 0 aliphatic carbocycles. The number of esters is 2. The quantitative estimate of drug-likeness (QED) is 0.215. The van der Waals surface area contributed by atoms with E-state index >= 15 is 0 Å². The van der Waals surface area contributed by atoms with Gasteiger partial charge in [-0.3, -0.25) is 4.79 Å². The lowest BCUT2D eigenvalue weighted by atomic mass is 10.1. The number of rotatable bonds is 10. The lowest BCUT2D eigenvalue weighted by molar-refractivity contribution is -0.142. The van der Waals surface area contributed by atoms with Crippen LogP contribution in [0.2, 0.25) is 0 Å². The summed E-state index contributed by atoms with van der Waals surface area (Å²) in [6.45, 7) is 8.06. The van der Waals surface area contributed by atoms with Crippen LogP contribution in [0, 0.1) is 25.2 Å². The number of hydrogen-bond acceptors (Lipinski definition) is 7. The number of amides is 1. The molecule has 1 amide bonds. The highest BCUT2D eigenvalue weighted by atomic mass is 32.1. The number of carbonyl (C=O) groups excluding carboxylic acids is 3. The van der Waals surface area contributed by atoms with Gasteiger partial charge in [-0.15, -0.1) is 11.3 Å². The normalized spacial score (nSPS) is 11.1. The van der Waals surface area contributed by atoms with Crippen LogP contribution in [0.5, 0.6) is 0 Å². The van der Waals surface area contributed by atoms with Gasteiger partial charge in [0, 0.05) is 22.8 Å². The number of nitrogens with zero attached hydrogens (tertiary/aromatic N) is 2.